The Bertz CT molecular complexity index is 1170. The molecule has 0 aromatic carbocycles. The zero-order valence-electron chi connectivity index (χ0n) is 53.5. The van der Waals surface area contributed by atoms with Crippen LogP contribution >= 0.6 is 0 Å². The van der Waals surface area contributed by atoms with Crippen LogP contribution in [-0.4, -0.2) is 37.2 Å². The second-order valence-corrected chi connectivity index (χ2v) is 24.9. The van der Waals surface area contributed by atoms with Gasteiger partial charge in [0.1, 0.15) is 13.2 Å². The molecule has 0 bridgehead atoms. The summed E-state index contributed by atoms with van der Waals surface area (Å²) in [6.45, 7) is 6.71. The lowest BCUT2D eigenvalue weighted by molar-refractivity contribution is -0.167. The SMILES string of the molecule is CCCCCCCCCCCCCCCCCCCCCCCCCCCCCCCCCCCCC(=O)OCC(COC(=O)CCCCCCCCCCC)OC(=O)CCCCCCCCCCCCCCCCCCC. The topological polar surface area (TPSA) is 78.9 Å². The summed E-state index contributed by atoms with van der Waals surface area (Å²) in [7, 11) is 0. The van der Waals surface area contributed by atoms with Crippen molar-refractivity contribution in [2.24, 2.45) is 0 Å². The molecule has 1 atom stereocenters. The van der Waals surface area contributed by atoms with Gasteiger partial charge in [0.05, 0.1) is 0 Å². The quantitative estimate of drug-likeness (QED) is 0.0343. The lowest BCUT2D eigenvalue weighted by Gasteiger charge is -2.18. The summed E-state index contributed by atoms with van der Waals surface area (Å²) >= 11 is 0. The first kappa shape index (κ1) is 76.4. The molecule has 0 aliphatic carbocycles. The van der Waals surface area contributed by atoms with Crippen molar-refractivity contribution in [2.45, 2.75) is 431 Å². The van der Waals surface area contributed by atoms with Crippen molar-refractivity contribution in [3.8, 4) is 0 Å². The van der Waals surface area contributed by atoms with E-state index in [1.54, 1.807) is 0 Å². The number of hydrogen-bond donors (Lipinski definition) is 0. The summed E-state index contributed by atoms with van der Waals surface area (Å²) in [6.07, 6.45) is 80.3. The summed E-state index contributed by atoms with van der Waals surface area (Å²) in [5.74, 6) is -0.829. The van der Waals surface area contributed by atoms with Crippen molar-refractivity contribution in [2.75, 3.05) is 13.2 Å². The van der Waals surface area contributed by atoms with E-state index >= 15 is 0 Å². The molecular formula is C72H140O6. The van der Waals surface area contributed by atoms with E-state index in [9.17, 15) is 14.4 Å². The highest BCUT2D eigenvalue weighted by Gasteiger charge is 2.20. The summed E-state index contributed by atoms with van der Waals surface area (Å²) in [6, 6.07) is 0. The summed E-state index contributed by atoms with van der Waals surface area (Å²) in [5.41, 5.74) is 0. The molecule has 464 valence electrons. The van der Waals surface area contributed by atoms with Gasteiger partial charge < -0.3 is 14.2 Å². The maximum absolute atomic E-state index is 12.9. The Kier molecular flexibility index (Phi) is 66.5. The Morgan fingerprint density at radius 2 is 0.346 bits per heavy atom. The van der Waals surface area contributed by atoms with Gasteiger partial charge in [-0.3, -0.25) is 14.4 Å². The largest absolute Gasteiger partial charge is 0.462 e. The molecule has 0 saturated carbocycles. The maximum Gasteiger partial charge on any atom is 0.306 e. The number of carbonyl (C=O) groups excluding carboxylic acids is 3. The molecule has 6 nitrogen and oxygen atoms in total. The minimum atomic E-state index is -0.762. The van der Waals surface area contributed by atoms with Gasteiger partial charge in [0, 0.05) is 19.3 Å². The van der Waals surface area contributed by atoms with Crippen molar-refractivity contribution in [3.63, 3.8) is 0 Å². The molecule has 1 unspecified atom stereocenters. The number of carbonyl (C=O) groups is 3. The van der Waals surface area contributed by atoms with Crippen LogP contribution in [0.15, 0.2) is 0 Å². The Labute approximate surface area is 488 Å². The third kappa shape index (κ3) is 65.2. The third-order valence-electron chi connectivity index (χ3n) is 16.9. The van der Waals surface area contributed by atoms with Gasteiger partial charge in [0.2, 0.25) is 0 Å². The van der Waals surface area contributed by atoms with Crippen molar-refractivity contribution in [3.05, 3.63) is 0 Å². The zero-order chi connectivity index (χ0) is 56.4. The Morgan fingerprint density at radius 1 is 0.205 bits per heavy atom. The van der Waals surface area contributed by atoms with E-state index in [-0.39, 0.29) is 31.1 Å². The first-order chi connectivity index (χ1) is 38.5. The lowest BCUT2D eigenvalue weighted by atomic mass is 10.0. The number of esters is 3. The maximum atomic E-state index is 12.9. The lowest BCUT2D eigenvalue weighted by Crippen LogP contribution is -2.30. The molecule has 0 radical (unpaired) electrons. The highest BCUT2D eigenvalue weighted by Crippen LogP contribution is 2.20. The molecule has 0 heterocycles. The zero-order valence-corrected chi connectivity index (χ0v) is 53.5. The van der Waals surface area contributed by atoms with E-state index in [1.165, 1.54) is 327 Å². The minimum absolute atomic E-state index is 0.0609. The Balaban J connectivity index is 3.95. The number of hydrogen-bond acceptors (Lipinski definition) is 6. The number of rotatable bonds is 68. The van der Waals surface area contributed by atoms with E-state index in [4.69, 9.17) is 14.2 Å². The van der Waals surface area contributed by atoms with Crippen LogP contribution in [-0.2, 0) is 28.6 Å². The van der Waals surface area contributed by atoms with E-state index < -0.39 is 6.10 Å². The normalized spacial score (nSPS) is 11.9. The highest BCUT2D eigenvalue weighted by atomic mass is 16.6. The molecular weight excluding hydrogens is 961 g/mol. The molecule has 78 heavy (non-hydrogen) atoms. The second-order valence-electron chi connectivity index (χ2n) is 24.9. The third-order valence-corrected chi connectivity index (χ3v) is 16.9. The summed E-state index contributed by atoms with van der Waals surface area (Å²) in [4.78, 5) is 38.2. The average molecular weight is 1100 g/mol. The van der Waals surface area contributed by atoms with Crippen molar-refractivity contribution < 1.29 is 28.6 Å². The molecule has 0 aliphatic rings. The van der Waals surface area contributed by atoms with E-state index in [1.807, 2.05) is 0 Å². The van der Waals surface area contributed by atoms with Crippen molar-refractivity contribution in [1.29, 1.82) is 0 Å². The van der Waals surface area contributed by atoms with Crippen molar-refractivity contribution in [1.82, 2.24) is 0 Å². The van der Waals surface area contributed by atoms with E-state index in [0.717, 1.165) is 57.8 Å². The molecule has 0 aliphatic heterocycles. The fourth-order valence-corrected chi connectivity index (χ4v) is 11.5. The van der Waals surface area contributed by atoms with Gasteiger partial charge >= 0.3 is 17.9 Å². The van der Waals surface area contributed by atoms with Crippen LogP contribution in [0.3, 0.4) is 0 Å². The molecule has 0 rings (SSSR count). The van der Waals surface area contributed by atoms with Gasteiger partial charge in [-0.1, -0.05) is 387 Å². The molecule has 0 fully saturated rings. The van der Waals surface area contributed by atoms with Crippen LogP contribution in [0.25, 0.3) is 0 Å². The van der Waals surface area contributed by atoms with Crippen LogP contribution in [0.5, 0.6) is 0 Å². The first-order valence-corrected chi connectivity index (χ1v) is 36.0. The standard InChI is InChI=1S/C72H140O6/c1-4-7-10-13-16-19-21-23-25-27-28-29-30-31-32-33-34-35-36-37-38-39-40-41-42-43-45-46-48-50-53-56-59-62-65-71(74)77-68-69(67-76-70(73)64-61-58-55-52-18-15-12-9-6-3)78-72(75)66-63-60-57-54-51-49-47-44-26-24-22-20-17-14-11-8-5-2/h69H,4-68H2,1-3H3. The summed E-state index contributed by atoms with van der Waals surface area (Å²) < 4.78 is 16.9. The minimum Gasteiger partial charge on any atom is -0.462 e. The van der Waals surface area contributed by atoms with Gasteiger partial charge in [0.15, 0.2) is 6.10 Å². The van der Waals surface area contributed by atoms with Crippen LogP contribution in [0.1, 0.15) is 425 Å². The van der Waals surface area contributed by atoms with Crippen LogP contribution in [0.4, 0.5) is 0 Å². The van der Waals surface area contributed by atoms with E-state index in [2.05, 4.69) is 20.8 Å². The average Bonchev–Trinajstić information content (AvgIpc) is 3.44. The number of ether oxygens (including phenoxy) is 3. The van der Waals surface area contributed by atoms with Crippen LogP contribution in [0, 0.1) is 0 Å². The predicted molar refractivity (Wildman–Crippen MR) is 340 cm³/mol. The Hall–Kier alpha value is -1.59. The van der Waals surface area contributed by atoms with Crippen LogP contribution < -0.4 is 0 Å². The fraction of sp³-hybridized carbons (Fsp3) is 0.958. The van der Waals surface area contributed by atoms with Gasteiger partial charge in [-0.05, 0) is 19.3 Å². The molecule has 0 amide bonds. The Morgan fingerprint density at radius 3 is 0.513 bits per heavy atom. The smallest absolute Gasteiger partial charge is 0.306 e. The molecule has 0 N–H and O–H groups in total. The predicted octanol–water partition coefficient (Wildman–Crippen LogP) is 24.6. The monoisotopic (exact) mass is 1100 g/mol. The second kappa shape index (κ2) is 67.9. The number of unbranched alkanes of at least 4 members (excludes halogenated alkanes) is 57. The van der Waals surface area contributed by atoms with E-state index in [0.29, 0.717) is 19.3 Å². The van der Waals surface area contributed by atoms with Crippen LogP contribution in [0.2, 0.25) is 0 Å². The van der Waals surface area contributed by atoms with Gasteiger partial charge in [-0.15, -0.1) is 0 Å². The molecule has 0 saturated heterocycles. The van der Waals surface area contributed by atoms with Gasteiger partial charge in [0.25, 0.3) is 0 Å². The van der Waals surface area contributed by atoms with Gasteiger partial charge in [-0.2, -0.15) is 0 Å². The van der Waals surface area contributed by atoms with Gasteiger partial charge in [-0.25, -0.2) is 0 Å². The molecule has 0 aromatic rings. The van der Waals surface area contributed by atoms with Crippen molar-refractivity contribution >= 4 is 17.9 Å². The summed E-state index contributed by atoms with van der Waals surface area (Å²) in [5, 5.41) is 0. The molecule has 0 spiro atoms. The molecule has 0 aromatic heterocycles. The fourth-order valence-electron chi connectivity index (χ4n) is 11.5. The highest BCUT2D eigenvalue weighted by molar-refractivity contribution is 5.71. The first-order valence-electron chi connectivity index (χ1n) is 36.0. The molecule has 6 heteroatoms.